The van der Waals surface area contributed by atoms with Crippen LogP contribution in [0.4, 0.5) is 5.69 Å². The lowest BCUT2D eigenvalue weighted by Gasteiger charge is -2.26. The standard InChI is InChI=1S/C15H24N2O4S/c1-6-21-13-10-8-7-9-12(13)17(22(5,19)20)11-14(18)16-15(2,3)4/h7-10H,6,11H2,1-5H3,(H,16,18). The van der Waals surface area contributed by atoms with Crippen molar-refractivity contribution in [3.8, 4) is 5.75 Å². The number of hydrogen-bond acceptors (Lipinski definition) is 4. The molecule has 1 amide bonds. The predicted molar refractivity (Wildman–Crippen MR) is 87.7 cm³/mol. The summed E-state index contributed by atoms with van der Waals surface area (Å²) in [6, 6.07) is 6.76. The van der Waals surface area contributed by atoms with Crippen LogP contribution in [0.1, 0.15) is 27.7 Å². The number of sulfonamides is 1. The van der Waals surface area contributed by atoms with Gasteiger partial charge in [0, 0.05) is 5.54 Å². The number of anilines is 1. The number of nitrogens with zero attached hydrogens (tertiary/aromatic N) is 1. The summed E-state index contributed by atoms with van der Waals surface area (Å²) in [5.74, 6) is 0.0585. The zero-order valence-electron chi connectivity index (χ0n) is 13.7. The van der Waals surface area contributed by atoms with E-state index in [0.717, 1.165) is 10.6 Å². The van der Waals surface area contributed by atoms with Gasteiger partial charge >= 0.3 is 0 Å². The molecule has 1 aromatic carbocycles. The SMILES string of the molecule is CCOc1ccccc1N(CC(=O)NC(C)(C)C)S(C)(=O)=O. The minimum absolute atomic E-state index is 0.291. The highest BCUT2D eigenvalue weighted by Gasteiger charge is 2.25. The van der Waals surface area contributed by atoms with Gasteiger partial charge in [-0.05, 0) is 39.8 Å². The number of ether oxygens (including phenoxy) is 1. The fraction of sp³-hybridized carbons (Fsp3) is 0.533. The number of benzene rings is 1. The van der Waals surface area contributed by atoms with E-state index >= 15 is 0 Å². The van der Waals surface area contributed by atoms with Crippen molar-refractivity contribution >= 4 is 21.6 Å². The molecule has 1 aromatic rings. The Labute approximate surface area is 132 Å². The average molecular weight is 328 g/mol. The summed E-state index contributed by atoms with van der Waals surface area (Å²) < 4.78 is 30.7. The van der Waals surface area contributed by atoms with Gasteiger partial charge < -0.3 is 10.1 Å². The van der Waals surface area contributed by atoms with Crippen molar-refractivity contribution in [1.29, 1.82) is 0 Å². The van der Waals surface area contributed by atoms with Crippen molar-refractivity contribution in [2.75, 3.05) is 23.7 Å². The van der Waals surface area contributed by atoms with Crippen LogP contribution in [0.25, 0.3) is 0 Å². The molecule has 0 atom stereocenters. The van der Waals surface area contributed by atoms with E-state index < -0.39 is 15.6 Å². The third-order valence-electron chi connectivity index (χ3n) is 2.64. The Morgan fingerprint density at radius 2 is 1.86 bits per heavy atom. The van der Waals surface area contributed by atoms with Gasteiger partial charge in [-0.15, -0.1) is 0 Å². The van der Waals surface area contributed by atoms with Crippen LogP contribution in [0.2, 0.25) is 0 Å². The van der Waals surface area contributed by atoms with Crippen molar-refractivity contribution in [3.63, 3.8) is 0 Å². The van der Waals surface area contributed by atoms with Crippen molar-refractivity contribution in [1.82, 2.24) is 5.32 Å². The van der Waals surface area contributed by atoms with Crippen LogP contribution in [-0.4, -0.2) is 39.3 Å². The molecule has 0 aliphatic heterocycles. The number of para-hydroxylation sites is 2. The number of carbonyl (C=O) groups is 1. The molecular weight excluding hydrogens is 304 g/mol. The summed E-state index contributed by atoms with van der Waals surface area (Å²) in [6.07, 6.45) is 1.07. The normalized spacial score (nSPS) is 11.9. The van der Waals surface area contributed by atoms with Crippen LogP contribution >= 0.6 is 0 Å². The molecule has 0 radical (unpaired) electrons. The van der Waals surface area contributed by atoms with Crippen LogP contribution in [0.15, 0.2) is 24.3 Å². The first-order valence-electron chi connectivity index (χ1n) is 7.05. The van der Waals surface area contributed by atoms with Crippen LogP contribution in [0.5, 0.6) is 5.75 Å². The number of amides is 1. The van der Waals surface area contributed by atoms with E-state index in [4.69, 9.17) is 4.74 Å². The molecule has 0 fully saturated rings. The number of carbonyl (C=O) groups excluding carboxylic acids is 1. The molecule has 124 valence electrons. The molecular formula is C15H24N2O4S. The first-order chi connectivity index (χ1) is 10.0. The van der Waals surface area contributed by atoms with E-state index in [0.29, 0.717) is 18.0 Å². The maximum absolute atomic E-state index is 12.1. The maximum Gasteiger partial charge on any atom is 0.241 e. The second kappa shape index (κ2) is 7.00. The van der Waals surface area contributed by atoms with Crippen molar-refractivity contribution in [2.24, 2.45) is 0 Å². The quantitative estimate of drug-likeness (QED) is 0.863. The highest BCUT2D eigenvalue weighted by atomic mass is 32.2. The largest absolute Gasteiger partial charge is 0.492 e. The van der Waals surface area contributed by atoms with E-state index in [-0.39, 0.29) is 12.5 Å². The molecule has 1 N–H and O–H groups in total. The Morgan fingerprint density at radius 1 is 1.27 bits per heavy atom. The first-order valence-corrected chi connectivity index (χ1v) is 8.90. The highest BCUT2D eigenvalue weighted by Crippen LogP contribution is 2.29. The Hall–Kier alpha value is -1.76. The molecule has 0 unspecified atom stereocenters. The van der Waals surface area contributed by atoms with Gasteiger partial charge in [0.1, 0.15) is 12.3 Å². The smallest absolute Gasteiger partial charge is 0.241 e. The Morgan fingerprint density at radius 3 is 2.36 bits per heavy atom. The lowest BCUT2D eigenvalue weighted by molar-refractivity contribution is -0.121. The molecule has 1 rings (SSSR count). The van der Waals surface area contributed by atoms with Gasteiger partial charge in [0.2, 0.25) is 15.9 Å². The van der Waals surface area contributed by atoms with Gasteiger partial charge in [0.25, 0.3) is 0 Å². The Kier molecular flexibility index (Phi) is 5.82. The molecule has 7 heteroatoms. The van der Waals surface area contributed by atoms with E-state index in [1.807, 2.05) is 27.7 Å². The topological polar surface area (TPSA) is 75.7 Å². The zero-order valence-corrected chi connectivity index (χ0v) is 14.5. The summed E-state index contributed by atoms with van der Waals surface area (Å²) in [6.45, 7) is 7.44. The third kappa shape index (κ3) is 5.55. The van der Waals surface area contributed by atoms with Gasteiger partial charge in [-0.1, -0.05) is 12.1 Å². The summed E-state index contributed by atoms with van der Waals surface area (Å²) in [4.78, 5) is 12.1. The van der Waals surface area contributed by atoms with Gasteiger partial charge in [0.05, 0.1) is 18.6 Å². The first kappa shape index (κ1) is 18.3. The maximum atomic E-state index is 12.1. The predicted octanol–water partition coefficient (Wildman–Crippen LogP) is 1.77. The minimum Gasteiger partial charge on any atom is -0.492 e. The molecule has 0 saturated carbocycles. The van der Waals surface area contributed by atoms with Crippen molar-refractivity contribution < 1.29 is 17.9 Å². The molecule has 0 aliphatic rings. The van der Waals surface area contributed by atoms with Crippen molar-refractivity contribution in [2.45, 2.75) is 33.2 Å². The molecule has 22 heavy (non-hydrogen) atoms. The molecule has 0 bridgehead atoms. The summed E-state index contributed by atoms with van der Waals surface area (Å²) in [5, 5.41) is 2.76. The van der Waals surface area contributed by atoms with Crippen molar-refractivity contribution in [3.05, 3.63) is 24.3 Å². The molecule has 6 nitrogen and oxygen atoms in total. The van der Waals surface area contributed by atoms with Crippen LogP contribution in [0.3, 0.4) is 0 Å². The van der Waals surface area contributed by atoms with E-state index in [9.17, 15) is 13.2 Å². The Balaban J connectivity index is 3.13. The molecule has 0 aliphatic carbocycles. The monoisotopic (exact) mass is 328 g/mol. The third-order valence-corrected chi connectivity index (χ3v) is 3.76. The molecule has 0 spiro atoms. The van der Waals surface area contributed by atoms with Gasteiger partial charge in [-0.25, -0.2) is 8.42 Å². The summed E-state index contributed by atoms with van der Waals surface area (Å²) in [7, 11) is -3.62. The van der Waals surface area contributed by atoms with Crippen LogP contribution in [0, 0.1) is 0 Å². The fourth-order valence-corrected chi connectivity index (χ4v) is 2.77. The lowest BCUT2D eigenvalue weighted by atomic mass is 10.1. The van der Waals surface area contributed by atoms with E-state index in [1.54, 1.807) is 24.3 Å². The highest BCUT2D eigenvalue weighted by molar-refractivity contribution is 7.92. The lowest BCUT2D eigenvalue weighted by Crippen LogP contribution is -2.47. The summed E-state index contributed by atoms with van der Waals surface area (Å²) in [5.41, 5.74) is -0.0735. The summed E-state index contributed by atoms with van der Waals surface area (Å²) >= 11 is 0. The second-order valence-electron chi connectivity index (χ2n) is 5.97. The van der Waals surface area contributed by atoms with E-state index in [1.165, 1.54) is 0 Å². The average Bonchev–Trinajstić information content (AvgIpc) is 2.34. The second-order valence-corrected chi connectivity index (χ2v) is 7.88. The number of rotatable bonds is 6. The molecule has 0 heterocycles. The van der Waals surface area contributed by atoms with Crippen LogP contribution < -0.4 is 14.4 Å². The number of hydrogen-bond donors (Lipinski definition) is 1. The number of nitrogens with one attached hydrogen (secondary N) is 1. The van der Waals surface area contributed by atoms with Crippen LogP contribution in [-0.2, 0) is 14.8 Å². The van der Waals surface area contributed by atoms with E-state index in [2.05, 4.69) is 5.32 Å². The molecule has 0 saturated heterocycles. The Bertz CT molecular complexity index is 621. The van der Waals surface area contributed by atoms with Gasteiger partial charge in [-0.3, -0.25) is 9.10 Å². The zero-order chi connectivity index (χ0) is 17.0. The fourth-order valence-electron chi connectivity index (χ4n) is 1.91. The minimum atomic E-state index is -3.62. The van der Waals surface area contributed by atoms with Gasteiger partial charge in [-0.2, -0.15) is 0 Å². The molecule has 0 aromatic heterocycles. The van der Waals surface area contributed by atoms with Gasteiger partial charge in [0.15, 0.2) is 0 Å².